The van der Waals surface area contributed by atoms with Crippen LogP contribution in [-0.4, -0.2) is 30.4 Å². The zero-order valence-electron chi connectivity index (χ0n) is 14.5. The second kappa shape index (κ2) is 6.81. The first-order chi connectivity index (χ1) is 12.1. The van der Waals surface area contributed by atoms with Crippen LogP contribution in [0.4, 0.5) is 0 Å². The van der Waals surface area contributed by atoms with E-state index in [2.05, 4.69) is 53.7 Å². The summed E-state index contributed by atoms with van der Waals surface area (Å²) in [5, 5.41) is 3.98. The molecule has 1 aliphatic heterocycles. The van der Waals surface area contributed by atoms with E-state index in [9.17, 15) is 4.79 Å². The second-order valence-electron chi connectivity index (χ2n) is 7.31. The zero-order valence-corrected chi connectivity index (χ0v) is 15.2. The molecule has 0 bridgehead atoms. The smallest absolute Gasteiger partial charge is 0.223 e. The van der Waals surface area contributed by atoms with Crippen LogP contribution in [0.25, 0.3) is 0 Å². The Hall–Kier alpha value is -1.84. The third kappa shape index (κ3) is 3.44. The summed E-state index contributed by atoms with van der Waals surface area (Å²) in [6.07, 6.45) is 2.65. The predicted octanol–water partition coefficient (Wildman–Crippen LogP) is 3.23. The SMILES string of the molecule is CN1Cc2ccc(Cl)cc2C[C@@H]1CNC(=O)C1Cc2ccccc2C1. The van der Waals surface area contributed by atoms with Crippen molar-refractivity contribution < 1.29 is 4.79 Å². The lowest BCUT2D eigenvalue weighted by molar-refractivity contribution is -0.125. The number of benzene rings is 2. The first-order valence-electron chi connectivity index (χ1n) is 8.92. The standard InChI is InChI=1S/C21H23ClN2O/c1-24-13-16-6-7-19(22)10-17(16)11-20(24)12-23-21(25)18-8-14-4-2-3-5-15(14)9-18/h2-7,10,18,20H,8-9,11-13H2,1H3,(H,23,25)/t20-/m1/s1. The molecule has 0 radical (unpaired) electrons. The van der Waals surface area contributed by atoms with Crippen molar-refractivity contribution in [1.82, 2.24) is 10.2 Å². The van der Waals surface area contributed by atoms with Crippen molar-refractivity contribution in [3.05, 3.63) is 69.7 Å². The Balaban J connectivity index is 1.36. The van der Waals surface area contributed by atoms with Crippen molar-refractivity contribution in [3.8, 4) is 0 Å². The summed E-state index contributed by atoms with van der Waals surface area (Å²) in [7, 11) is 2.12. The lowest BCUT2D eigenvalue weighted by Gasteiger charge is -2.34. The van der Waals surface area contributed by atoms with Crippen molar-refractivity contribution in [2.75, 3.05) is 13.6 Å². The summed E-state index contributed by atoms with van der Waals surface area (Å²) in [5.41, 5.74) is 5.28. The Morgan fingerprint density at radius 3 is 2.52 bits per heavy atom. The fraction of sp³-hybridized carbons (Fsp3) is 0.381. The summed E-state index contributed by atoms with van der Waals surface area (Å²) in [6.45, 7) is 1.59. The van der Waals surface area contributed by atoms with E-state index in [-0.39, 0.29) is 11.8 Å². The minimum absolute atomic E-state index is 0.0769. The van der Waals surface area contributed by atoms with E-state index in [0.717, 1.165) is 30.8 Å². The molecule has 1 amide bonds. The summed E-state index contributed by atoms with van der Waals surface area (Å²) >= 11 is 6.14. The molecule has 0 fully saturated rings. The highest BCUT2D eigenvalue weighted by molar-refractivity contribution is 6.30. The lowest BCUT2D eigenvalue weighted by Crippen LogP contribution is -2.46. The molecule has 1 N–H and O–H groups in total. The highest BCUT2D eigenvalue weighted by atomic mass is 35.5. The number of carbonyl (C=O) groups is 1. The normalized spacial score (nSPS) is 20.2. The average molecular weight is 355 g/mol. The summed E-state index contributed by atoms with van der Waals surface area (Å²) in [5.74, 6) is 0.259. The topological polar surface area (TPSA) is 32.3 Å². The van der Waals surface area contributed by atoms with Crippen molar-refractivity contribution in [3.63, 3.8) is 0 Å². The molecule has 25 heavy (non-hydrogen) atoms. The molecule has 4 rings (SSSR count). The van der Waals surface area contributed by atoms with E-state index in [4.69, 9.17) is 11.6 Å². The third-order valence-electron chi connectivity index (χ3n) is 5.60. The third-order valence-corrected chi connectivity index (χ3v) is 5.84. The van der Waals surface area contributed by atoms with Gasteiger partial charge in [0, 0.05) is 30.1 Å². The van der Waals surface area contributed by atoms with Gasteiger partial charge >= 0.3 is 0 Å². The molecule has 3 nitrogen and oxygen atoms in total. The summed E-state index contributed by atoms with van der Waals surface area (Å²) in [6, 6.07) is 14.8. The van der Waals surface area contributed by atoms with Crippen molar-refractivity contribution in [2.45, 2.75) is 31.8 Å². The maximum atomic E-state index is 12.6. The van der Waals surface area contributed by atoms with Crippen LogP contribution < -0.4 is 5.32 Å². The highest BCUT2D eigenvalue weighted by Crippen LogP contribution is 2.27. The Morgan fingerprint density at radius 1 is 1.08 bits per heavy atom. The molecule has 130 valence electrons. The minimum Gasteiger partial charge on any atom is -0.354 e. The maximum Gasteiger partial charge on any atom is 0.223 e. The maximum absolute atomic E-state index is 12.6. The van der Waals surface area contributed by atoms with Gasteiger partial charge in [-0.2, -0.15) is 0 Å². The highest BCUT2D eigenvalue weighted by Gasteiger charge is 2.29. The van der Waals surface area contributed by atoms with Gasteiger partial charge in [0.2, 0.25) is 5.91 Å². The number of fused-ring (bicyclic) bond motifs is 2. The Morgan fingerprint density at radius 2 is 1.80 bits per heavy atom. The lowest BCUT2D eigenvalue weighted by atomic mass is 9.94. The van der Waals surface area contributed by atoms with Crippen molar-refractivity contribution >= 4 is 17.5 Å². The first-order valence-corrected chi connectivity index (χ1v) is 9.30. The van der Waals surface area contributed by atoms with Crippen LogP contribution in [0.5, 0.6) is 0 Å². The minimum atomic E-state index is 0.0769. The quantitative estimate of drug-likeness (QED) is 0.917. The van der Waals surface area contributed by atoms with E-state index in [1.54, 1.807) is 0 Å². The van der Waals surface area contributed by atoms with Crippen LogP contribution in [0.15, 0.2) is 42.5 Å². The Kier molecular flexibility index (Phi) is 4.53. The van der Waals surface area contributed by atoms with Gasteiger partial charge in [-0.15, -0.1) is 0 Å². The number of nitrogens with one attached hydrogen (secondary N) is 1. The van der Waals surface area contributed by atoms with Crippen molar-refractivity contribution in [2.24, 2.45) is 5.92 Å². The fourth-order valence-corrected chi connectivity index (χ4v) is 4.28. The van der Waals surface area contributed by atoms with E-state index in [1.807, 2.05) is 6.07 Å². The Bertz CT molecular complexity index is 779. The predicted molar refractivity (Wildman–Crippen MR) is 101 cm³/mol. The molecule has 2 aromatic carbocycles. The zero-order chi connectivity index (χ0) is 17.4. The van der Waals surface area contributed by atoms with Crippen molar-refractivity contribution in [1.29, 1.82) is 0 Å². The van der Waals surface area contributed by atoms with E-state index >= 15 is 0 Å². The molecule has 1 heterocycles. The number of carbonyl (C=O) groups excluding carboxylic acids is 1. The van der Waals surface area contributed by atoms with Gasteiger partial charge in [-0.05, 0) is 60.7 Å². The molecule has 2 aromatic rings. The molecule has 1 aliphatic carbocycles. The molecule has 1 atom stereocenters. The molecule has 0 aromatic heterocycles. The van der Waals surface area contributed by atoms with Crippen LogP contribution in [-0.2, 0) is 30.6 Å². The molecule has 4 heteroatoms. The fourth-order valence-electron chi connectivity index (χ4n) is 4.08. The van der Waals surface area contributed by atoms with Gasteiger partial charge in [-0.3, -0.25) is 9.69 Å². The van der Waals surface area contributed by atoms with Crippen LogP contribution in [0, 0.1) is 5.92 Å². The molecule has 0 spiro atoms. The first kappa shape index (κ1) is 16.6. The summed E-state index contributed by atoms with van der Waals surface area (Å²) < 4.78 is 0. The van der Waals surface area contributed by atoms with Crippen LogP contribution in [0.1, 0.15) is 22.3 Å². The van der Waals surface area contributed by atoms with Gasteiger partial charge in [0.15, 0.2) is 0 Å². The van der Waals surface area contributed by atoms with Gasteiger partial charge in [0.25, 0.3) is 0 Å². The van der Waals surface area contributed by atoms with Crippen LogP contribution in [0.2, 0.25) is 5.02 Å². The molecule has 0 saturated carbocycles. The molecule has 2 aliphatic rings. The number of hydrogen-bond donors (Lipinski definition) is 1. The summed E-state index contributed by atoms with van der Waals surface area (Å²) in [4.78, 5) is 14.9. The number of rotatable bonds is 3. The Labute approximate surface area is 154 Å². The largest absolute Gasteiger partial charge is 0.354 e. The molecule has 0 saturated heterocycles. The van der Waals surface area contributed by atoms with Gasteiger partial charge in [0.1, 0.15) is 0 Å². The monoisotopic (exact) mass is 354 g/mol. The van der Waals surface area contributed by atoms with E-state index < -0.39 is 0 Å². The number of halogens is 1. The number of nitrogens with zero attached hydrogens (tertiary/aromatic N) is 1. The average Bonchev–Trinajstić information content (AvgIpc) is 3.04. The van der Waals surface area contributed by atoms with Crippen LogP contribution in [0.3, 0.4) is 0 Å². The number of likely N-dealkylation sites (N-methyl/N-ethyl adjacent to an activating group) is 1. The number of amides is 1. The second-order valence-corrected chi connectivity index (χ2v) is 7.74. The molecular formula is C21H23ClN2O. The van der Waals surface area contributed by atoms with E-state index in [1.165, 1.54) is 22.3 Å². The van der Waals surface area contributed by atoms with E-state index in [0.29, 0.717) is 12.6 Å². The van der Waals surface area contributed by atoms with Gasteiger partial charge in [-0.1, -0.05) is 41.9 Å². The molecule has 0 unspecified atom stereocenters. The number of hydrogen-bond acceptors (Lipinski definition) is 2. The van der Waals surface area contributed by atoms with Gasteiger partial charge in [0.05, 0.1) is 0 Å². The molecular weight excluding hydrogens is 332 g/mol. The van der Waals surface area contributed by atoms with Gasteiger partial charge in [-0.25, -0.2) is 0 Å². The van der Waals surface area contributed by atoms with Gasteiger partial charge < -0.3 is 5.32 Å². The van der Waals surface area contributed by atoms with Crippen LogP contribution >= 0.6 is 11.6 Å².